The molecule has 4 rings (SSSR count). The quantitative estimate of drug-likeness (QED) is 0.712. The number of likely N-dealkylation sites (tertiary alicyclic amines) is 1. The van der Waals surface area contributed by atoms with Gasteiger partial charge >= 0.3 is 0 Å². The molecular weight excluding hydrogens is 374 g/mol. The van der Waals surface area contributed by atoms with Gasteiger partial charge in [0.15, 0.2) is 0 Å². The first-order chi connectivity index (χ1) is 13.7. The third kappa shape index (κ3) is 4.67. The molecule has 0 radical (unpaired) electrons. The Labute approximate surface area is 170 Å². The summed E-state index contributed by atoms with van der Waals surface area (Å²) in [6, 6.07) is 11.1. The summed E-state index contributed by atoms with van der Waals surface area (Å²) < 4.78 is 5.34. The number of aromatic nitrogens is 2. The number of carbonyl (C=O) groups excluding carboxylic acids is 1. The molecule has 2 aliphatic rings. The van der Waals surface area contributed by atoms with Crippen molar-refractivity contribution in [3.8, 4) is 0 Å². The van der Waals surface area contributed by atoms with Gasteiger partial charge in [0.1, 0.15) is 0 Å². The number of aryl methyl sites for hydroxylation is 1. The van der Waals surface area contributed by atoms with E-state index in [0.717, 1.165) is 45.7 Å². The van der Waals surface area contributed by atoms with Crippen LogP contribution in [0.3, 0.4) is 0 Å². The van der Waals surface area contributed by atoms with Crippen LogP contribution in [-0.4, -0.2) is 77.0 Å². The van der Waals surface area contributed by atoms with Crippen LogP contribution >= 0.6 is 11.8 Å². The maximum Gasteiger partial charge on any atom is 0.277 e. The Morgan fingerprint density at radius 3 is 2.64 bits per heavy atom. The molecule has 0 aliphatic carbocycles. The Kier molecular flexibility index (Phi) is 6.17. The largest absolute Gasteiger partial charge is 0.416 e. The maximum atomic E-state index is 12.6. The molecule has 150 valence electrons. The maximum absolute atomic E-state index is 12.6. The van der Waals surface area contributed by atoms with Crippen molar-refractivity contribution in [3.05, 3.63) is 36.2 Å². The van der Waals surface area contributed by atoms with Gasteiger partial charge in [-0.15, -0.1) is 10.2 Å². The highest BCUT2D eigenvalue weighted by Gasteiger charge is 2.30. The van der Waals surface area contributed by atoms with Crippen LogP contribution in [0.1, 0.15) is 18.7 Å². The van der Waals surface area contributed by atoms with Gasteiger partial charge in [-0.2, -0.15) is 0 Å². The number of amides is 1. The first-order valence-electron chi connectivity index (χ1n) is 9.94. The van der Waals surface area contributed by atoms with Crippen LogP contribution in [0.15, 0.2) is 40.0 Å². The van der Waals surface area contributed by atoms with E-state index in [4.69, 9.17) is 4.42 Å². The minimum Gasteiger partial charge on any atom is -0.416 e. The lowest BCUT2D eigenvalue weighted by Crippen LogP contribution is -2.56. The first-order valence-corrected chi connectivity index (χ1v) is 10.9. The van der Waals surface area contributed by atoms with E-state index in [0.29, 0.717) is 22.9 Å². The fourth-order valence-corrected chi connectivity index (χ4v) is 4.72. The van der Waals surface area contributed by atoms with Crippen molar-refractivity contribution in [1.29, 1.82) is 0 Å². The van der Waals surface area contributed by atoms with Crippen LogP contribution in [0.4, 0.5) is 5.69 Å². The topological polar surface area (TPSA) is 65.7 Å². The molecule has 7 nitrogen and oxygen atoms in total. The fraction of sp³-hybridized carbons (Fsp3) is 0.550. The van der Waals surface area contributed by atoms with Crippen molar-refractivity contribution in [2.45, 2.75) is 31.0 Å². The van der Waals surface area contributed by atoms with Crippen LogP contribution in [0.25, 0.3) is 0 Å². The van der Waals surface area contributed by atoms with Gasteiger partial charge in [0.05, 0.1) is 5.75 Å². The van der Waals surface area contributed by atoms with Crippen molar-refractivity contribution in [2.75, 3.05) is 49.9 Å². The van der Waals surface area contributed by atoms with Gasteiger partial charge in [0.25, 0.3) is 5.22 Å². The zero-order valence-corrected chi connectivity index (χ0v) is 17.1. The van der Waals surface area contributed by atoms with Crippen LogP contribution in [0.2, 0.25) is 0 Å². The Morgan fingerprint density at radius 2 is 1.93 bits per heavy atom. The highest BCUT2D eigenvalue weighted by molar-refractivity contribution is 7.99. The molecule has 2 aromatic rings. The molecule has 0 saturated carbocycles. The zero-order valence-electron chi connectivity index (χ0n) is 16.3. The predicted molar refractivity (Wildman–Crippen MR) is 110 cm³/mol. The molecule has 28 heavy (non-hydrogen) atoms. The summed E-state index contributed by atoms with van der Waals surface area (Å²) in [5, 5.41) is 8.22. The molecule has 0 spiro atoms. The number of benzene rings is 1. The van der Waals surface area contributed by atoms with Gasteiger partial charge in [-0.25, -0.2) is 0 Å². The average molecular weight is 402 g/mol. The second-order valence-corrected chi connectivity index (χ2v) is 8.30. The van der Waals surface area contributed by atoms with E-state index in [1.807, 2.05) is 4.90 Å². The number of hydrogen-bond acceptors (Lipinski definition) is 7. The normalized spacial score (nSPS) is 21.1. The average Bonchev–Trinajstić information content (AvgIpc) is 3.18. The number of nitrogens with zero attached hydrogens (tertiary/aromatic N) is 5. The van der Waals surface area contributed by atoms with Crippen molar-refractivity contribution in [3.63, 3.8) is 0 Å². The summed E-state index contributed by atoms with van der Waals surface area (Å²) in [5.41, 5.74) is 1.30. The third-order valence-electron chi connectivity index (χ3n) is 5.53. The Balaban J connectivity index is 1.26. The predicted octanol–water partition coefficient (Wildman–Crippen LogP) is 2.28. The van der Waals surface area contributed by atoms with Crippen molar-refractivity contribution < 1.29 is 9.21 Å². The zero-order chi connectivity index (χ0) is 19.3. The highest BCUT2D eigenvalue weighted by atomic mass is 32.2. The third-order valence-corrected chi connectivity index (χ3v) is 6.33. The van der Waals surface area contributed by atoms with Crippen molar-refractivity contribution in [2.24, 2.45) is 0 Å². The van der Waals surface area contributed by atoms with Gasteiger partial charge in [-0.05, 0) is 25.0 Å². The smallest absolute Gasteiger partial charge is 0.277 e. The molecule has 0 unspecified atom stereocenters. The molecule has 1 aromatic heterocycles. The van der Waals surface area contributed by atoms with E-state index >= 15 is 0 Å². The lowest BCUT2D eigenvalue weighted by molar-refractivity contribution is -0.130. The highest BCUT2D eigenvalue weighted by Crippen LogP contribution is 2.22. The molecule has 8 heteroatoms. The SMILES string of the molecule is Cc1nnc(SCC(=O)N2CCC[C@H](N3CCN(c4ccccc4)CC3)C2)o1. The van der Waals surface area contributed by atoms with Gasteiger partial charge in [-0.1, -0.05) is 30.0 Å². The second kappa shape index (κ2) is 8.96. The van der Waals surface area contributed by atoms with Gasteiger partial charge in [0, 0.05) is 57.9 Å². The molecule has 1 atom stereocenters. The minimum atomic E-state index is 0.161. The van der Waals surface area contributed by atoms with E-state index in [1.54, 1.807) is 6.92 Å². The minimum absolute atomic E-state index is 0.161. The Morgan fingerprint density at radius 1 is 1.14 bits per heavy atom. The Hall–Kier alpha value is -2.06. The number of anilines is 1. The number of piperazine rings is 1. The summed E-state index contributed by atoms with van der Waals surface area (Å²) in [7, 11) is 0. The summed E-state index contributed by atoms with van der Waals surface area (Å²) in [4.78, 5) is 19.7. The van der Waals surface area contributed by atoms with Gasteiger partial charge < -0.3 is 14.2 Å². The summed E-state index contributed by atoms with van der Waals surface area (Å²) in [5.74, 6) is 1.05. The van der Waals surface area contributed by atoms with Gasteiger partial charge in [0.2, 0.25) is 11.8 Å². The summed E-state index contributed by atoms with van der Waals surface area (Å²) in [6.07, 6.45) is 2.24. The number of para-hydroxylation sites is 1. The number of piperidine rings is 1. The van der Waals surface area contributed by atoms with Crippen LogP contribution < -0.4 is 4.90 Å². The fourth-order valence-electron chi connectivity index (χ4n) is 4.01. The second-order valence-electron chi connectivity index (χ2n) is 7.37. The first kappa shape index (κ1) is 19.3. The summed E-state index contributed by atoms with van der Waals surface area (Å²) in [6.45, 7) is 7.62. The molecule has 3 heterocycles. The van der Waals surface area contributed by atoms with Crippen LogP contribution in [0, 0.1) is 6.92 Å². The molecule has 2 fully saturated rings. The van der Waals surface area contributed by atoms with Crippen LogP contribution in [-0.2, 0) is 4.79 Å². The Bertz CT molecular complexity index is 776. The van der Waals surface area contributed by atoms with Crippen molar-refractivity contribution >= 4 is 23.4 Å². The molecule has 0 N–H and O–H groups in total. The molecule has 1 aromatic carbocycles. The van der Waals surface area contributed by atoms with Gasteiger partial charge in [-0.3, -0.25) is 9.69 Å². The lowest BCUT2D eigenvalue weighted by Gasteiger charge is -2.44. The van der Waals surface area contributed by atoms with Crippen LogP contribution in [0.5, 0.6) is 0 Å². The number of hydrogen-bond donors (Lipinski definition) is 0. The van der Waals surface area contributed by atoms with E-state index in [1.165, 1.54) is 23.9 Å². The lowest BCUT2D eigenvalue weighted by atomic mass is 10.0. The standard InChI is InChI=1S/C20H27N5O2S/c1-16-21-22-20(27-16)28-15-19(26)25-9-5-8-18(14-25)24-12-10-23(11-13-24)17-6-3-2-4-7-17/h2-4,6-7,18H,5,8-15H2,1H3/t18-/m0/s1. The number of carbonyl (C=O) groups is 1. The molecule has 1 amide bonds. The monoisotopic (exact) mass is 401 g/mol. The van der Waals surface area contributed by atoms with E-state index < -0.39 is 0 Å². The number of thioether (sulfide) groups is 1. The van der Waals surface area contributed by atoms with E-state index in [2.05, 4.69) is 50.3 Å². The van der Waals surface area contributed by atoms with Crippen molar-refractivity contribution in [1.82, 2.24) is 20.0 Å². The summed E-state index contributed by atoms with van der Waals surface area (Å²) >= 11 is 1.33. The number of rotatable bonds is 5. The van der Waals surface area contributed by atoms with E-state index in [-0.39, 0.29) is 5.91 Å². The molecular formula is C20H27N5O2S. The molecule has 2 aliphatic heterocycles. The van der Waals surface area contributed by atoms with E-state index in [9.17, 15) is 4.79 Å². The molecule has 2 saturated heterocycles. The molecule has 0 bridgehead atoms.